The summed E-state index contributed by atoms with van der Waals surface area (Å²) in [5.74, 6) is -1.64. The van der Waals surface area contributed by atoms with E-state index in [4.69, 9.17) is 18.9 Å². The molecule has 0 amide bonds. The molecule has 0 spiro atoms. The van der Waals surface area contributed by atoms with Crippen LogP contribution in [-0.4, -0.2) is 64.5 Å². The van der Waals surface area contributed by atoms with Gasteiger partial charge in [0.1, 0.15) is 5.71 Å². The second kappa shape index (κ2) is 8.41. The van der Waals surface area contributed by atoms with Crippen molar-refractivity contribution in [3.8, 4) is 0 Å². The van der Waals surface area contributed by atoms with E-state index in [0.717, 1.165) is 11.4 Å². The number of nitrogens with one attached hydrogen (secondary N) is 1. The fourth-order valence-corrected chi connectivity index (χ4v) is 4.54. The van der Waals surface area contributed by atoms with Crippen LogP contribution in [0, 0.1) is 0 Å². The molecule has 0 bridgehead atoms. The molecule has 0 aliphatic carbocycles. The molecule has 0 saturated carbocycles. The number of anilines is 2. The molecule has 0 radical (unpaired) electrons. The number of H-pyrrole nitrogens is 1. The molecule has 1 N–H and O–H groups in total. The van der Waals surface area contributed by atoms with Gasteiger partial charge in [0.15, 0.2) is 12.1 Å². The third-order valence-corrected chi connectivity index (χ3v) is 6.35. The lowest BCUT2D eigenvalue weighted by molar-refractivity contribution is -0.166. The fraction of sp³-hybridized carbons (Fsp3) is 0.333. The smallest absolute Gasteiger partial charge is 0.275 e. The van der Waals surface area contributed by atoms with Crippen molar-refractivity contribution in [3.05, 3.63) is 78.8 Å². The lowest BCUT2D eigenvalue weighted by Crippen LogP contribution is -2.46. The Balaban J connectivity index is 1.28. The molecule has 174 valence electrons. The molecular weight excluding hydrogens is 436 g/mol. The maximum atomic E-state index is 6.46. The van der Waals surface area contributed by atoms with Crippen LogP contribution in [0.5, 0.6) is 0 Å². The average Bonchev–Trinajstić information content (AvgIpc) is 3.21. The van der Waals surface area contributed by atoms with E-state index in [1.807, 2.05) is 36.4 Å². The summed E-state index contributed by atoms with van der Waals surface area (Å²) in [5.41, 5.74) is 2.74. The molecule has 10 nitrogen and oxygen atoms in total. The van der Waals surface area contributed by atoms with Gasteiger partial charge in [-0.2, -0.15) is 5.21 Å². The van der Waals surface area contributed by atoms with E-state index in [1.54, 1.807) is 19.4 Å². The molecule has 1 aromatic heterocycles. The van der Waals surface area contributed by atoms with Crippen molar-refractivity contribution in [1.29, 1.82) is 0 Å². The minimum absolute atomic E-state index is 0.0134. The summed E-state index contributed by atoms with van der Waals surface area (Å²) in [6.07, 6.45) is 3.53. The van der Waals surface area contributed by atoms with Crippen molar-refractivity contribution in [2.45, 2.75) is 30.2 Å². The minimum atomic E-state index is -1.19. The number of aromatic amines is 1. The highest BCUT2D eigenvalue weighted by atomic mass is 16.9. The Labute approximate surface area is 196 Å². The maximum absolute atomic E-state index is 6.46. The summed E-state index contributed by atoms with van der Waals surface area (Å²) < 4.78 is 24.3. The van der Waals surface area contributed by atoms with Gasteiger partial charge in [-0.1, -0.05) is 41.6 Å². The third kappa shape index (κ3) is 3.51. The Morgan fingerprint density at radius 2 is 1.82 bits per heavy atom. The number of rotatable bonds is 8. The normalized spacial score (nSPS) is 29.5. The van der Waals surface area contributed by atoms with Crippen molar-refractivity contribution in [3.63, 3.8) is 0 Å². The Kier molecular flexibility index (Phi) is 5.22. The van der Waals surface area contributed by atoms with E-state index < -0.39 is 17.9 Å². The Bertz CT molecular complexity index is 1150. The van der Waals surface area contributed by atoms with Crippen molar-refractivity contribution in [2.75, 3.05) is 25.2 Å². The number of aromatic nitrogens is 4. The number of aliphatic imine (C=N–C) groups is 1. The topological polar surface area (TPSA) is 110 Å². The van der Waals surface area contributed by atoms with Crippen molar-refractivity contribution in [2.24, 2.45) is 4.99 Å². The monoisotopic (exact) mass is 460 g/mol. The van der Waals surface area contributed by atoms with Crippen LogP contribution in [0.25, 0.3) is 0 Å². The predicted molar refractivity (Wildman–Crippen MR) is 122 cm³/mol. The number of hydrogen-bond donors (Lipinski definition) is 1. The Hall–Kier alpha value is -3.44. The quantitative estimate of drug-likeness (QED) is 0.511. The summed E-state index contributed by atoms with van der Waals surface area (Å²) in [5, 5.41) is 14.3. The van der Waals surface area contributed by atoms with Crippen LogP contribution in [0.15, 0.2) is 77.9 Å². The molecule has 2 aromatic carbocycles. The first kappa shape index (κ1) is 21.1. The Morgan fingerprint density at radius 3 is 2.47 bits per heavy atom. The molecule has 34 heavy (non-hydrogen) atoms. The van der Waals surface area contributed by atoms with Gasteiger partial charge in [0, 0.05) is 31.1 Å². The number of hydrogen-bond acceptors (Lipinski definition) is 9. The SMILES string of the molecule is COC12C=CN=C(CN(c3ccccc3)c3ccccc3)[C@@]1(OC1CC(c3nn[nH]n3)CO1)O2. The van der Waals surface area contributed by atoms with E-state index in [0.29, 0.717) is 31.1 Å². The van der Waals surface area contributed by atoms with Gasteiger partial charge in [0.05, 0.1) is 19.1 Å². The molecule has 6 rings (SSSR count). The number of fused-ring (bicyclic) bond motifs is 1. The first-order valence-electron chi connectivity index (χ1n) is 11.1. The maximum Gasteiger partial charge on any atom is 0.275 e. The summed E-state index contributed by atoms with van der Waals surface area (Å²) in [7, 11) is 1.60. The highest BCUT2D eigenvalue weighted by molar-refractivity contribution is 6.01. The molecular formula is C24H24N6O4. The molecule has 4 atom stereocenters. The van der Waals surface area contributed by atoms with Crippen molar-refractivity contribution < 1.29 is 18.9 Å². The van der Waals surface area contributed by atoms with Crippen LogP contribution < -0.4 is 4.90 Å². The van der Waals surface area contributed by atoms with Gasteiger partial charge in [-0.3, -0.25) is 9.73 Å². The fourth-order valence-electron chi connectivity index (χ4n) is 4.54. The zero-order valence-electron chi connectivity index (χ0n) is 18.6. The average molecular weight is 460 g/mol. The minimum Gasteiger partial charge on any atom is -0.352 e. The van der Waals surface area contributed by atoms with Crippen LogP contribution >= 0.6 is 0 Å². The molecule has 3 unspecified atom stereocenters. The van der Waals surface area contributed by atoms with E-state index >= 15 is 0 Å². The summed E-state index contributed by atoms with van der Waals surface area (Å²) in [6, 6.07) is 20.3. The number of methoxy groups -OCH3 is 1. The van der Waals surface area contributed by atoms with Gasteiger partial charge in [-0.25, -0.2) is 0 Å². The van der Waals surface area contributed by atoms with Gasteiger partial charge in [0.2, 0.25) is 0 Å². The highest BCUT2D eigenvalue weighted by Crippen LogP contribution is 2.55. The van der Waals surface area contributed by atoms with Gasteiger partial charge in [0.25, 0.3) is 11.6 Å². The standard InChI is InChI=1S/C24H24N6O4/c1-31-23-12-13-25-20(15-30(18-8-4-2-5-9-18)19-10-6-3-7-11-19)24(23,34-23)33-21-14-17(16-32-21)22-26-28-29-27-22/h2-13,17,21H,14-16H2,1H3,(H,26,27,28,29)/t17?,21?,23?,24-/m1/s1. The van der Waals surface area contributed by atoms with E-state index in [-0.39, 0.29) is 5.92 Å². The van der Waals surface area contributed by atoms with Crippen LogP contribution in [0.2, 0.25) is 0 Å². The predicted octanol–water partition coefficient (Wildman–Crippen LogP) is 2.92. The largest absolute Gasteiger partial charge is 0.352 e. The molecule has 2 saturated heterocycles. The number of tetrazole rings is 1. The second-order valence-corrected chi connectivity index (χ2v) is 8.32. The second-order valence-electron chi connectivity index (χ2n) is 8.32. The molecule has 10 heteroatoms. The van der Waals surface area contributed by atoms with Crippen LogP contribution in [0.1, 0.15) is 18.2 Å². The van der Waals surface area contributed by atoms with E-state index in [1.165, 1.54) is 0 Å². The molecule has 3 aliphatic rings. The van der Waals surface area contributed by atoms with Gasteiger partial charge >= 0.3 is 0 Å². The first-order chi connectivity index (χ1) is 16.7. The van der Waals surface area contributed by atoms with Crippen LogP contribution in [0.4, 0.5) is 11.4 Å². The van der Waals surface area contributed by atoms with Gasteiger partial charge < -0.3 is 19.1 Å². The molecule has 3 aromatic rings. The Morgan fingerprint density at radius 1 is 1.09 bits per heavy atom. The molecule has 4 heterocycles. The van der Waals surface area contributed by atoms with Gasteiger partial charge in [-0.05, 0) is 30.3 Å². The van der Waals surface area contributed by atoms with E-state index in [9.17, 15) is 0 Å². The number of ether oxygens (including phenoxy) is 4. The van der Waals surface area contributed by atoms with E-state index in [2.05, 4.69) is 54.8 Å². The molecule has 2 fully saturated rings. The lowest BCUT2D eigenvalue weighted by Gasteiger charge is -2.30. The number of nitrogens with zero attached hydrogens (tertiary/aromatic N) is 5. The van der Waals surface area contributed by atoms with Crippen LogP contribution in [-0.2, 0) is 18.9 Å². The zero-order valence-corrected chi connectivity index (χ0v) is 18.6. The van der Waals surface area contributed by atoms with Crippen molar-refractivity contribution in [1.82, 2.24) is 20.6 Å². The lowest BCUT2D eigenvalue weighted by atomic mass is 10.0. The summed E-state index contributed by atoms with van der Waals surface area (Å²) >= 11 is 0. The van der Waals surface area contributed by atoms with Crippen molar-refractivity contribution >= 4 is 17.1 Å². The summed E-state index contributed by atoms with van der Waals surface area (Å²) in [4.78, 5) is 6.86. The zero-order chi connectivity index (χ0) is 23.0. The first-order valence-corrected chi connectivity index (χ1v) is 11.1. The van der Waals surface area contributed by atoms with Gasteiger partial charge in [-0.15, -0.1) is 10.2 Å². The summed E-state index contributed by atoms with van der Waals surface area (Å²) in [6.45, 7) is 0.868. The number of epoxide rings is 1. The number of benzene rings is 2. The number of para-hydroxylation sites is 2. The third-order valence-electron chi connectivity index (χ3n) is 6.35. The molecule has 3 aliphatic heterocycles. The highest BCUT2D eigenvalue weighted by Gasteiger charge is 2.77. The van der Waals surface area contributed by atoms with Crippen LogP contribution in [0.3, 0.4) is 0 Å².